The molecule has 0 aromatic carbocycles. The molecule has 1 aromatic heterocycles. The van der Waals surface area contributed by atoms with Crippen molar-refractivity contribution >= 4 is 17.9 Å². The molecule has 0 saturated carbocycles. The van der Waals surface area contributed by atoms with E-state index in [1.165, 1.54) is 0 Å². The van der Waals surface area contributed by atoms with E-state index in [1.54, 1.807) is 6.21 Å². The Morgan fingerprint density at radius 2 is 2.45 bits per heavy atom. The molecule has 2 rings (SSSR count). The Bertz CT molecular complexity index is 303. The summed E-state index contributed by atoms with van der Waals surface area (Å²) < 4.78 is 0. The average molecular weight is 145 g/mol. The van der Waals surface area contributed by atoms with E-state index in [1.807, 2.05) is 30.5 Å². The van der Waals surface area contributed by atoms with Crippen LogP contribution in [0.5, 0.6) is 0 Å². The van der Waals surface area contributed by atoms with Gasteiger partial charge in [-0.3, -0.25) is 0 Å². The van der Waals surface area contributed by atoms with Crippen LogP contribution in [0.1, 0.15) is 0 Å². The first-order valence-electron chi connectivity index (χ1n) is 3.38. The van der Waals surface area contributed by atoms with Crippen LogP contribution in [0, 0.1) is 0 Å². The molecule has 0 spiro atoms. The maximum Gasteiger partial charge on any atom is 0.154 e. The van der Waals surface area contributed by atoms with Crippen molar-refractivity contribution in [3.05, 3.63) is 30.5 Å². The monoisotopic (exact) mass is 145 g/mol. The highest BCUT2D eigenvalue weighted by Gasteiger charge is 1.94. The maximum atomic E-state index is 4.19. The number of allylic oxidation sites excluding steroid dienone is 1. The van der Waals surface area contributed by atoms with Crippen molar-refractivity contribution in [2.45, 2.75) is 0 Å². The first-order chi connectivity index (χ1) is 5.45. The Morgan fingerprint density at radius 3 is 3.09 bits per heavy atom. The van der Waals surface area contributed by atoms with E-state index in [2.05, 4.69) is 15.0 Å². The fourth-order valence-corrected chi connectivity index (χ4v) is 0.871. The molecule has 0 bridgehead atoms. The third-order valence-corrected chi connectivity index (χ3v) is 1.35. The normalized spacial score (nSPS) is 18.4. The predicted molar refractivity (Wildman–Crippen MR) is 45.5 cm³/mol. The van der Waals surface area contributed by atoms with Crippen molar-refractivity contribution in [1.82, 2.24) is 4.98 Å². The van der Waals surface area contributed by atoms with Crippen LogP contribution in [0.4, 0.5) is 5.82 Å². The van der Waals surface area contributed by atoms with Crippen LogP contribution in [0.25, 0.3) is 0 Å². The standard InChI is InChI=1S/C8H7N3/c1-3-7(9-5-1)11-8-4-2-6-10-8/h1-6,9H/b11-8-. The van der Waals surface area contributed by atoms with Crippen molar-refractivity contribution in [2.75, 3.05) is 0 Å². The molecule has 3 nitrogen and oxygen atoms in total. The summed E-state index contributed by atoms with van der Waals surface area (Å²) in [5, 5.41) is 0. The summed E-state index contributed by atoms with van der Waals surface area (Å²) in [6, 6.07) is 3.80. The third-order valence-electron chi connectivity index (χ3n) is 1.35. The zero-order valence-corrected chi connectivity index (χ0v) is 5.86. The Hall–Kier alpha value is -1.64. The minimum atomic E-state index is 0.743. The fourth-order valence-electron chi connectivity index (χ4n) is 0.871. The summed E-state index contributed by atoms with van der Waals surface area (Å²) in [6.07, 6.45) is 7.28. The number of amidine groups is 1. The summed E-state index contributed by atoms with van der Waals surface area (Å²) in [6.45, 7) is 0. The minimum absolute atomic E-state index is 0.743. The number of aromatic amines is 1. The lowest BCUT2D eigenvalue weighted by molar-refractivity contribution is 1.33. The predicted octanol–water partition coefficient (Wildman–Crippen LogP) is 1.69. The zero-order chi connectivity index (χ0) is 7.52. The maximum absolute atomic E-state index is 4.19. The van der Waals surface area contributed by atoms with E-state index in [0.29, 0.717) is 0 Å². The molecule has 0 aliphatic carbocycles. The van der Waals surface area contributed by atoms with Crippen LogP contribution >= 0.6 is 0 Å². The Labute approximate surface area is 64.2 Å². The quantitative estimate of drug-likeness (QED) is 0.624. The zero-order valence-electron chi connectivity index (χ0n) is 5.86. The van der Waals surface area contributed by atoms with Crippen LogP contribution < -0.4 is 0 Å². The topological polar surface area (TPSA) is 40.5 Å². The number of hydrogen-bond donors (Lipinski definition) is 1. The Morgan fingerprint density at radius 1 is 1.45 bits per heavy atom. The summed E-state index contributed by atoms with van der Waals surface area (Å²) in [4.78, 5) is 11.2. The second-order valence-corrected chi connectivity index (χ2v) is 2.16. The van der Waals surface area contributed by atoms with Gasteiger partial charge < -0.3 is 4.98 Å². The van der Waals surface area contributed by atoms with Gasteiger partial charge in [-0.1, -0.05) is 0 Å². The van der Waals surface area contributed by atoms with E-state index in [4.69, 9.17) is 0 Å². The number of aliphatic imine (C=N–C) groups is 2. The molecule has 1 aromatic rings. The highest BCUT2D eigenvalue weighted by Crippen LogP contribution is 2.08. The van der Waals surface area contributed by atoms with Crippen LogP contribution in [0.2, 0.25) is 0 Å². The Balaban J connectivity index is 2.28. The van der Waals surface area contributed by atoms with Gasteiger partial charge in [-0.2, -0.15) is 0 Å². The van der Waals surface area contributed by atoms with Crippen LogP contribution in [-0.4, -0.2) is 17.0 Å². The number of hydrogen-bond acceptors (Lipinski definition) is 1. The first-order valence-corrected chi connectivity index (χ1v) is 3.38. The first kappa shape index (κ1) is 6.09. The van der Waals surface area contributed by atoms with Gasteiger partial charge in [-0.05, 0) is 24.3 Å². The van der Waals surface area contributed by atoms with Crippen molar-refractivity contribution in [3.8, 4) is 0 Å². The van der Waals surface area contributed by atoms with E-state index < -0.39 is 0 Å². The Kier molecular flexibility index (Phi) is 1.41. The fraction of sp³-hybridized carbons (Fsp3) is 0. The summed E-state index contributed by atoms with van der Waals surface area (Å²) in [5.41, 5.74) is 0. The lowest BCUT2D eigenvalue weighted by atomic mass is 10.5. The second kappa shape index (κ2) is 2.54. The van der Waals surface area contributed by atoms with Crippen molar-refractivity contribution in [3.63, 3.8) is 0 Å². The van der Waals surface area contributed by atoms with Gasteiger partial charge in [-0.25, -0.2) is 9.98 Å². The molecule has 2 heterocycles. The van der Waals surface area contributed by atoms with Gasteiger partial charge in [0.05, 0.1) is 0 Å². The van der Waals surface area contributed by atoms with E-state index >= 15 is 0 Å². The van der Waals surface area contributed by atoms with Gasteiger partial charge in [0, 0.05) is 12.4 Å². The molecular formula is C8H7N3. The number of nitrogens with one attached hydrogen (secondary N) is 1. The lowest BCUT2D eigenvalue weighted by Crippen LogP contribution is -1.80. The lowest BCUT2D eigenvalue weighted by Gasteiger charge is -1.86. The molecule has 1 aliphatic heterocycles. The summed E-state index contributed by atoms with van der Waals surface area (Å²) in [7, 11) is 0. The van der Waals surface area contributed by atoms with Gasteiger partial charge in [-0.15, -0.1) is 0 Å². The van der Waals surface area contributed by atoms with Gasteiger partial charge in [0.25, 0.3) is 0 Å². The molecule has 54 valence electrons. The third kappa shape index (κ3) is 1.26. The molecule has 11 heavy (non-hydrogen) atoms. The molecule has 3 heteroatoms. The van der Waals surface area contributed by atoms with Gasteiger partial charge >= 0.3 is 0 Å². The molecule has 1 N–H and O–H groups in total. The number of aromatic nitrogens is 1. The SMILES string of the molecule is C1=C/C(=N/c2ccc[nH]2)N=C1. The second-order valence-electron chi connectivity index (χ2n) is 2.16. The van der Waals surface area contributed by atoms with Gasteiger partial charge in [0.15, 0.2) is 5.84 Å². The average Bonchev–Trinajstić information content (AvgIpc) is 2.60. The summed E-state index contributed by atoms with van der Waals surface area (Å²) in [5.74, 6) is 1.58. The molecule has 0 fully saturated rings. The minimum Gasteiger partial charge on any atom is -0.347 e. The van der Waals surface area contributed by atoms with E-state index in [9.17, 15) is 0 Å². The molecule has 0 atom stereocenters. The number of H-pyrrole nitrogens is 1. The summed E-state index contributed by atoms with van der Waals surface area (Å²) >= 11 is 0. The molecule has 0 unspecified atom stereocenters. The highest BCUT2D eigenvalue weighted by molar-refractivity contribution is 6.07. The van der Waals surface area contributed by atoms with Crippen LogP contribution in [0.3, 0.4) is 0 Å². The molecular weight excluding hydrogens is 138 g/mol. The van der Waals surface area contributed by atoms with E-state index in [-0.39, 0.29) is 0 Å². The van der Waals surface area contributed by atoms with Gasteiger partial charge in [0.2, 0.25) is 0 Å². The van der Waals surface area contributed by atoms with Crippen molar-refractivity contribution < 1.29 is 0 Å². The highest BCUT2D eigenvalue weighted by atomic mass is 15.0. The van der Waals surface area contributed by atoms with Crippen LogP contribution in [-0.2, 0) is 0 Å². The van der Waals surface area contributed by atoms with Crippen molar-refractivity contribution in [1.29, 1.82) is 0 Å². The number of nitrogens with zero attached hydrogens (tertiary/aromatic N) is 2. The van der Waals surface area contributed by atoms with Gasteiger partial charge in [0.1, 0.15) is 5.82 Å². The van der Waals surface area contributed by atoms with Crippen molar-refractivity contribution in [2.24, 2.45) is 9.98 Å². The smallest absolute Gasteiger partial charge is 0.154 e. The molecule has 0 amide bonds. The molecule has 1 aliphatic rings. The van der Waals surface area contributed by atoms with Crippen LogP contribution in [0.15, 0.2) is 40.5 Å². The largest absolute Gasteiger partial charge is 0.347 e. The van der Waals surface area contributed by atoms with E-state index in [0.717, 1.165) is 11.7 Å². The number of rotatable bonds is 1. The molecule has 0 saturated heterocycles. The molecule has 0 radical (unpaired) electrons.